The quantitative estimate of drug-likeness (QED) is 0.588. The first-order chi connectivity index (χ1) is 4.75. The predicted octanol–water partition coefficient (Wildman–Crippen LogP) is -0.0440. The maximum Gasteiger partial charge on any atom is 0.222 e. The molecule has 58 valence electrons. The van der Waals surface area contributed by atoms with Gasteiger partial charge in [0.25, 0.3) is 0 Å². The van der Waals surface area contributed by atoms with E-state index in [0.29, 0.717) is 13.0 Å². The van der Waals surface area contributed by atoms with Gasteiger partial charge in [-0.05, 0) is 13.3 Å². The van der Waals surface area contributed by atoms with E-state index >= 15 is 0 Å². The van der Waals surface area contributed by atoms with Gasteiger partial charge in [0.1, 0.15) is 0 Å². The third kappa shape index (κ3) is 1.29. The summed E-state index contributed by atoms with van der Waals surface area (Å²) in [5.41, 5.74) is 5.42. The molecule has 0 bridgehead atoms. The van der Waals surface area contributed by atoms with Crippen LogP contribution in [0.2, 0.25) is 0 Å². The standard InChI is InChI=1S/C7H14N2O/c1-6(5-8)9-4-2-3-7(9)10/h6H,2-5,8H2,1H3. The Morgan fingerprint density at radius 2 is 2.50 bits per heavy atom. The van der Waals surface area contributed by atoms with Crippen molar-refractivity contribution in [2.45, 2.75) is 25.8 Å². The van der Waals surface area contributed by atoms with Crippen LogP contribution in [0.1, 0.15) is 19.8 Å². The second kappa shape index (κ2) is 3.01. The van der Waals surface area contributed by atoms with E-state index in [1.807, 2.05) is 11.8 Å². The van der Waals surface area contributed by atoms with Crippen LogP contribution in [-0.4, -0.2) is 29.9 Å². The van der Waals surface area contributed by atoms with Gasteiger partial charge in [0.15, 0.2) is 0 Å². The summed E-state index contributed by atoms with van der Waals surface area (Å²) in [7, 11) is 0. The minimum Gasteiger partial charge on any atom is -0.339 e. The Balaban J connectivity index is 2.46. The van der Waals surface area contributed by atoms with Gasteiger partial charge >= 0.3 is 0 Å². The van der Waals surface area contributed by atoms with E-state index in [-0.39, 0.29) is 11.9 Å². The summed E-state index contributed by atoms with van der Waals surface area (Å²) in [6, 6.07) is 0.231. The number of amides is 1. The van der Waals surface area contributed by atoms with Crippen molar-refractivity contribution in [3.05, 3.63) is 0 Å². The fraction of sp³-hybridized carbons (Fsp3) is 0.857. The van der Waals surface area contributed by atoms with Gasteiger partial charge in [-0.25, -0.2) is 0 Å². The Kier molecular flexibility index (Phi) is 2.27. The molecule has 0 aromatic heterocycles. The van der Waals surface area contributed by atoms with Gasteiger partial charge in [-0.1, -0.05) is 0 Å². The van der Waals surface area contributed by atoms with Gasteiger partial charge < -0.3 is 10.6 Å². The van der Waals surface area contributed by atoms with Crippen LogP contribution in [0, 0.1) is 0 Å². The average molecular weight is 142 g/mol. The number of hydrogen-bond acceptors (Lipinski definition) is 2. The molecule has 3 nitrogen and oxygen atoms in total. The monoisotopic (exact) mass is 142 g/mol. The fourth-order valence-electron chi connectivity index (χ4n) is 1.26. The number of rotatable bonds is 2. The molecule has 0 radical (unpaired) electrons. The van der Waals surface area contributed by atoms with Gasteiger partial charge in [-0.15, -0.1) is 0 Å². The third-order valence-corrected chi connectivity index (χ3v) is 1.98. The van der Waals surface area contributed by atoms with E-state index in [1.165, 1.54) is 0 Å². The van der Waals surface area contributed by atoms with Gasteiger partial charge in [0, 0.05) is 25.6 Å². The van der Waals surface area contributed by atoms with E-state index in [2.05, 4.69) is 0 Å². The van der Waals surface area contributed by atoms with Crippen LogP contribution in [0.5, 0.6) is 0 Å². The summed E-state index contributed by atoms with van der Waals surface area (Å²) in [5, 5.41) is 0. The van der Waals surface area contributed by atoms with E-state index in [9.17, 15) is 4.79 Å². The average Bonchev–Trinajstić information content (AvgIpc) is 2.34. The summed E-state index contributed by atoms with van der Waals surface area (Å²) in [6.07, 6.45) is 1.72. The molecule has 1 unspecified atom stereocenters. The van der Waals surface area contributed by atoms with Crippen LogP contribution in [0.4, 0.5) is 0 Å². The summed E-state index contributed by atoms with van der Waals surface area (Å²) >= 11 is 0. The summed E-state index contributed by atoms with van der Waals surface area (Å²) in [5.74, 6) is 0.262. The second-order valence-electron chi connectivity index (χ2n) is 2.78. The highest BCUT2D eigenvalue weighted by Crippen LogP contribution is 2.12. The normalized spacial score (nSPS) is 21.8. The summed E-state index contributed by atoms with van der Waals surface area (Å²) < 4.78 is 0. The van der Waals surface area contributed by atoms with E-state index in [0.717, 1.165) is 13.0 Å². The molecule has 1 amide bonds. The Morgan fingerprint density at radius 1 is 1.80 bits per heavy atom. The number of nitrogens with two attached hydrogens (primary N) is 1. The highest BCUT2D eigenvalue weighted by atomic mass is 16.2. The van der Waals surface area contributed by atoms with Crippen molar-refractivity contribution < 1.29 is 4.79 Å². The lowest BCUT2D eigenvalue weighted by Crippen LogP contribution is -2.38. The number of nitrogens with zero attached hydrogens (tertiary/aromatic N) is 1. The topological polar surface area (TPSA) is 46.3 Å². The van der Waals surface area contributed by atoms with Gasteiger partial charge in [0.05, 0.1) is 0 Å². The molecule has 1 atom stereocenters. The largest absolute Gasteiger partial charge is 0.339 e. The molecule has 0 spiro atoms. The highest BCUT2D eigenvalue weighted by molar-refractivity contribution is 5.78. The van der Waals surface area contributed by atoms with Crippen molar-refractivity contribution in [3.8, 4) is 0 Å². The van der Waals surface area contributed by atoms with Crippen LogP contribution in [0.3, 0.4) is 0 Å². The molecule has 0 aromatic rings. The first kappa shape index (κ1) is 7.54. The molecular formula is C7H14N2O. The van der Waals surface area contributed by atoms with Crippen molar-refractivity contribution in [2.24, 2.45) is 5.73 Å². The van der Waals surface area contributed by atoms with Gasteiger partial charge in [0.2, 0.25) is 5.91 Å². The number of carbonyl (C=O) groups is 1. The van der Waals surface area contributed by atoms with Crippen LogP contribution in [-0.2, 0) is 4.79 Å². The van der Waals surface area contributed by atoms with Crippen molar-refractivity contribution >= 4 is 5.91 Å². The zero-order valence-electron chi connectivity index (χ0n) is 6.34. The minimum absolute atomic E-state index is 0.231. The molecule has 1 saturated heterocycles. The van der Waals surface area contributed by atoms with Crippen LogP contribution < -0.4 is 5.73 Å². The fourth-order valence-corrected chi connectivity index (χ4v) is 1.26. The van der Waals surface area contributed by atoms with Crippen LogP contribution >= 0.6 is 0 Å². The molecule has 1 heterocycles. The Bertz CT molecular complexity index is 136. The maximum absolute atomic E-state index is 11.0. The lowest BCUT2D eigenvalue weighted by atomic mass is 10.3. The molecular weight excluding hydrogens is 128 g/mol. The van der Waals surface area contributed by atoms with E-state index in [1.54, 1.807) is 0 Å². The Hall–Kier alpha value is -0.570. The molecule has 2 N–H and O–H groups in total. The predicted molar refractivity (Wildman–Crippen MR) is 39.5 cm³/mol. The van der Waals surface area contributed by atoms with Crippen molar-refractivity contribution in [1.82, 2.24) is 4.90 Å². The molecule has 0 aliphatic carbocycles. The van der Waals surface area contributed by atoms with Crippen LogP contribution in [0.25, 0.3) is 0 Å². The Morgan fingerprint density at radius 3 is 2.90 bits per heavy atom. The highest BCUT2D eigenvalue weighted by Gasteiger charge is 2.23. The van der Waals surface area contributed by atoms with E-state index in [4.69, 9.17) is 5.73 Å². The number of hydrogen-bond donors (Lipinski definition) is 1. The molecule has 0 saturated carbocycles. The maximum atomic E-state index is 11.0. The smallest absolute Gasteiger partial charge is 0.222 e. The van der Waals surface area contributed by atoms with Gasteiger partial charge in [-0.2, -0.15) is 0 Å². The lowest BCUT2D eigenvalue weighted by Gasteiger charge is -2.22. The summed E-state index contributed by atoms with van der Waals surface area (Å²) in [4.78, 5) is 12.9. The van der Waals surface area contributed by atoms with Gasteiger partial charge in [-0.3, -0.25) is 4.79 Å². The molecule has 1 rings (SSSR count). The third-order valence-electron chi connectivity index (χ3n) is 1.98. The molecule has 0 aromatic carbocycles. The Labute approximate surface area is 61.2 Å². The zero-order valence-corrected chi connectivity index (χ0v) is 6.34. The first-order valence-corrected chi connectivity index (χ1v) is 3.75. The van der Waals surface area contributed by atoms with Crippen molar-refractivity contribution in [2.75, 3.05) is 13.1 Å². The van der Waals surface area contributed by atoms with E-state index < -0.39 is 0 Å². The zero-order chi connectivity index (χ0) is 7.56. The molecule has 1 aliphatic heterocycles. The molecule has 1 aliphatic rings. The minimum atomic E-state index is 0.231. The van der Waals surface area contributed by atoms with Crippen molar-refractivity contribution in [3.63, 3.8) is 0 Å². The SMILES string of the molecule is CC(CN)N1CCCC1=O. The van der Waals surface area contributed by atoms with Crippen LogP contribution in [0.15, 0.2) is 0 Å². The van der Waals surface area contributed by atoms with Crippen molar-refractivity contribution in [1.29, 1.82) is 0 Å². The first-order valence-electron chi connectivity index (χ1n) is 3.75. The lowest BCUT2D eigenvalue weighted by molar-refractivity contribution is -0.129. The molecule has 3 heteroatoms. The molecule has 10 heavy (non-hydrogen) atoms. The number of likely N-dealkylation sites (tertiary alicyclic amines) is 1. The molecule has 1 fully saturated rings. The second-order valence-corrected chi connectivity index (χ2v) is 2.78. The summed E-state index contributed by atoms with van der Waals surface area (Å²) in [6.45, 7) is 3.46. The number of carbonyl (C=O) groups excluding carboxylic acids is 1.